The summed E-state index contributed by atoms with van der Waals surface area (Å²) in [4.78, 5) is 4.41. The lowest BCUT2D eigenvalue weighted by molar-refractivity contribution is -0.137. The van der Waals surface area contributed by atoms with E-state index in [1.807, 2.05) is 0 Å². The van der Waals surface area contributed by atoms with Gasteiger partial charge in [0.25, 0.3) is 0 Å². The molecule has 1 aromatic rings. The molecule has 0 atom stereocenters. The molecule has 2 N–H and O–H groups in total. The quantitative estimate of drug-likeness (QED) is 0.566. The summed E-state index contributed by atoms with van der Waals surface area (Å²) in [5, 5.41) is 0. The first kappa shape index (κ1) is 17.7. The molecule has 0 spiro atoms. The smallest absolute Gasteiger partial charge is 0.325 e. The van der Waals surface area contributed by atoms with Crippen LogP contribution < -0.4 is 5.73 Å². The third kappa shape index (κ3) is 6.76. The predicted molar refractivity (Wildman–Crippen MR) is 80.6 cm³/mol. The van der Waals surface area contributed by atoms with Crippen molar-refractivity contribution in [2.45, 2.75) is 45.2 Å². The second-order valence-corrected chi connectivity index (χ2v) is 5.09. The van der Waals surface area contributed by atoms with Crippen molar-refractivity contribution in [3.05, 3.63) is 35.4 Å². The third-order valence-corrected chi connectivity index (χ3v) is 3.25. The maximum atomic E-state index is 12.7. The van der Waals surface area contributed by atoms with E-state index in [0.29, 0.717) is 18.5 Å². The van der Waals surface area contributed by atoms with Crippen LogP contribution >= 0.6 is 0 Å². The van der Waals surface area contributed by atoms with E-state index in [4.69, 9.17) is 5.73 Å². The Bertz CT molecular complexity index is 453. The fourth-order valence-electron chi connectivity index (χ4n) is 2.06. The zero-order valence-corrected chi connectivity index (χ0v) is 12.4. The number of halogens is 3. The summed E-state index contributed by atoms with van der Waals surface area (Å²) in [7, 11) is 0. The zero-order chi connectivity index (χ0) is 15.7. The van der Waals surface area contributed by atoms with Crippen LogP contribution in [0.4, 0.5) is 13.2 Å². The fraction of sp³-hybridized carbons (Fsp3) is 0.562. The van der Waals surface area contributed by atoms with E-state index in [-0.39, 0.29) is 6.54 Å². The van der Waals surface area contributed by atoms with Crippen molar-refractivity contribution in [2.75, 3.05) is 13.1 Å². The van der Waals surface area contributed by atoms with E-state index in [1.165, 1.54) is 18.6 Å². The molecule has 0 saturated heterocycles. The van der Waals surface area contributed by atoms with E-state index in [9.17, 15) is 13.2 Å². The van der Waals surface area contributed by atoms with Gasteiger partial charge >= 0.3 is 6.18 Å². The highest BCUT2D eigenvalue weighted by Crippen LogP contribution is 2.29. The molecule has 0 saturated carbocycles. The Balaban J connectivity index is 2.62. The third-order valence-electron chi connectivity index (χ3n) is 3.25. The Labute approximate surface area is 124 Å². The van der Waals surface area contributed by atoms with Gasteiger partial charge in [-0.05, 0) is 18.1 Å². The lowest BCUT2D eigenvalue weighted by Crippen LogP contribution is -2.17. The first-order valence-corrected chi connectivity index (χ1v) is 7.35. The fourth-order valence-corrected chi connectivity index (χ4v) is 2.06. The number of hydrogen-bond donors (Lipinski definition) is 1. The van der Waals surface area contributed by atoms with Gasteiger partial charge in [-0.15, -0.1) is 0 Å². The number of benzene rings is 1. The number of nitrogens with two attached hydrogens (primary N) is 1. The van der Waals surface area contributed by atoms with Crippen molar-refractivity contribution in [2.24, 2.45) is 10.7 Å². The van der Waals surface area contributed by atoms with E-state index in [1.54, 1.807) is 6.07 Å². The predicted octanol–water partition coefficient (Wildman–Crippen LogP) is 4.23. The molecule has 1 rings (SSSR count). The van der Waals surface area contributed by atoms with Gasteiger partial charge in [0.2, 0.25) is 0 Å². The van der Waals surface area contributed by atoms with Crippen LogP contribution in [-0.4, -0.2) is 18.8 Å². The minimum Gasteiger partial charge on any atom is -0.325 e. The van der Waals surface area contributed by atoms with Crippen molar-refractivity contribution in [1.29, 1.82) is 0 Å². The van der Waals surface area contributed by atoms with E-state index in [0.717, 1.165) is 31.0 Å². The summed E-state index contributed by atoms with van der Waals surface area (Å²) in [5.74, 6) is 0. The molecule has 1 aromatic carbocycles. The Hall–Kier alpha value is -1.36. The Kier molecular flexibility index (Phi) is 7.43. The average molecular weight is 300 g/mol. The van der Waals surface area contributed by atoms with Crippen molar-refractivity contribution >= 4 is 5.71 Å². The van der Waals surface area contributed by atoms with Crippen LogP contribution in [0.5, 0.6) is 0 Å². The van der Waals surface area contributed by atoms with Crippen LogP contribution in [0.15, 0.2) is 29.3 Å². The molecule has 0 fully saturated rings. The van der Waals surface area contributed by atoms with Gasteiger partial charge in [0.05, 0.1) is 5.56 Å². The van der Waals surface area contributed by atoms with E-state index in [2.05, 4.69) is 11.9 Å². The highest BCUT2D eigenvalue weighted by atomic mass is 19.4. The average Bonchev–Trinajstić information content (AvgIpc) is 2.45. The maximum Gasteiger partial charge on any atom is 0.416 e. The maximum absolute atomic E-state index is 12.7. The monoisotopic (exact) mass is 300 g/mol. The molecular formula is C16H23F3N2. The van der Waals surface area contributed by atoms with Crippen molar-refractivity contribution in [3.63, 3.8) is 0 Å². The molecule has 2 nitrogen and oxygen atoms in total. The van der Waals surface area contributed by atoms with Gasteiger partial charge in [-0.25, -0.2) is 0 Å². The lowest BCUT2D eigenvalue weighted by Gasteiger charge is -2.09. The molecule has 0 radical (unpaired) electrons. The molecule has 0 unspecified atom stereocenters. The summed E-state index contributed by atoms with van der Waals surface area (Å²) in [5.41, 5.74) is 6.36. The molecule has 0 heterocycles. The molecule has 0 aromatic heterocycles. The largest absolute Gasteiger partial charge is 0.416 e. The number of aliphatic imine (C=N–C) groups is 1. The molecule has 5 heteroatoms. The van der Waals surface area contributed by atoms with Gasteiger partial charge < -0.3 is 5.73 Å². The van der Waals surface area contributed by atoms with Crippen LogP contribution in [0, 0.1) is 0 Å². The van der Waals surface area contributed by atoms with Crippen molar-refractivity contribution < 1.29 is 13.2 Å². The van der Waals surface area contributed by atoms with Crippen LogP contribution in [0.2, 0.25) is 0 Å². The van der Waals surface area contributed by atoms with Crippen LogP contribution in [-0.2, 0) is 12.6 Å². The normalized spacial score (nSPS) is 12.7. The van der Waals surface area contributed by atoms with Crippen molar-refractivity contribution in [1.82, 2.24) is 0 Å². The SMILES string of the molecule is CCCCCCN=C(CN)Cc1cccc(C(F)(F)F)c1. The molecule has 21 heavy (non-hydrogen) atoms. The van der Waals surface area contributed by atoms with E-state index < -0.39 is 11.7 Å². The second-order valence-electron chi connectivity index (χ2n) is 5.09. The Morgan fingerprint density at radius 2 is 1.95 bits per heavy atom. The summed E-state index contributed by atoms with van der Waals surface area (Å²) in [6, 6.07) is 5.35. The first-order chi connectivity index (χ1) is 9.97. The number of rotatable bonds is 8. The molecule has 0 amide bonds. The molecule has 118 valence electrons. The second kappa shape index (κ2) is 8.82. The van der Waals surface area contributed by atoms with Crippen molar-refractivity contribution in [3.8, 4) is 0 Å². The molecular weight excluding hydrogens is 277 g/mol. The topological polar surface area (TPSA) is 38.4 Å². The van der Waals surface area contributed by atoms with Gasteiger partial charge in [0.1, 0.15) is 0 Å². The Morgan fingerprint density at radius 1 is 1.19 bits per heavy atom. The standard InChI is InChI=1S/C16H23F3N2/c1-2-3-4-5-9-21-15(12-20)11-13-7-6-8-14(10-13)16(17,18)19/h6-8,10H,2-5,9,11-12,20H2,1H3. The highest BCUT2D eigenvalue weighted by Gasteiger charge is 2.30. The van der Waals surface area contributed by atoms with Crippen LogP contribution in [0.25, 0.3) is 0 Å². The van der Waals surface area contributed by atoms with Gasteiger partial charge in [0, 0.05) is 25.2 Å². The van der Waals surface area contributed by atoms with Crippen LogP contribution in [0.3, 0.4) is 0 Å². The molecule has 0 bridgehead atoms. The minimum absolute atomic E-state index is 0.282. The number of nitrogens with zero attached hydrogens (tertiary/aromatic N) is 1. The number of alkyl halides is 3. The first-order valence-electron chi connectivity index (χ1n) is 7.35. The number of unbranched alkanes of at least 4 members (excludes halogenated alkanes) is 3. The molecule has 0 aliphatic heterocycles. The Morgan fingerprint density at radius 3 is 2.57 bits per heavy atom. The highest BCUT2D eigenvalue weighted by molar-refractivity contribution is 5.88. The van der Waals surface area contributed by atoms with E-state index >= 15 is 0 Å². The molecule has 0 aliphatic carbocycles. The number of hydrogen-bond acceptors (Lipinski definition) is 2. The van der Waals surface area contributed by atoms with Crippen LogP contribution in [0.1, 0.15) is 43.7 Å². The van der Waals surface area contributed by atoms with Gasteiger partial charge in [-0.1, -0.05) is 44.4 Å². The van der Waals surface area contributed by atoms with Gasteiger partial charge in [-0.3, -0.25) is 4.99 Å². The van der Waals surface area contributed by atoms with Gasteiger partial charge in [0.15, 0.2) is 0 Å². The summed E-state index contributed by atoms with van der Waals surface area (Å²) < 4.78 is 38.0. The zero-order valence-electron chi connectivity index (χ0n) is 12.4. The van der Waals surface area contributed by atoms with Gasteiger partial charge in [-0.2, -0.15) is 13.2 Å². The summed E-state index contributed by atoms with van der Waals surface area (Å²) in [6.45, 7) is 3.12. The summed E-state index contributed by atoms with van der Waals surface area (Å²) in [6.07, 6.45) is 0.546. The summed E-state index contributed by atoms with van der Waals surface area (Å²) >= 11 is 0. The minimum atomic E-state index is -4.31. The molecule has 0 aliphatic rings. The lowest BCUT2D eigenvalue weighted by atomic mass is 10.0.